The Balaban J connectivity index is 2.76. The minimum atomic E-state index is -0.564. The summed E-state index contributed by atoms with van der Waals surface area (Å²) in [6, 6.07) is 5.57. The first kappa shape index (κ1) is 16.0. The lowest BCUT2D eigenvalue weighted by Gasteiger charge is -2.24. The van der Waals surface area contributed by atoms with Gasteiger partial charge in [-0.1, -0.05) is 15.9 Å². The topological polar surface area (TPSA) is 64.3 Å². The SMILES string of the molecule is CC(Oc1ccc(Br)cc1CN)C(=O)NC(C)(C)C. The second-order valence-corrected chi connectivity index (χ2v) is 6.37. The Hall–Kier alpha value is -1.07. The van der Waals surface area contributed by atoms with Crippen LogP contribution in [0.3, 0.4) is 0 Å². The number of ether oxygens (including phenoxy) is 1. The van der Waals surface area contributed by atoms with Crippen molar-refractivity contribution in [2.45, 2.75) is 45.9 Å². The van der Waals surface area contributed by atoms with E-state index in [1.54, 1.807) is 6.92 Å². The van der Waals surface area contributed by atoms with E-state index in [2.05, 4.69) is 21.2 Å². The third kappa shape index (κ3) is 5.20. The number of benzene rings is 1. The minimum absolute atomic E-state index is 0.140. The molecule has 1 rings (SSSR count). The van der Waals surface area contributed by atoms with E-state index in [0.717, 1.165) is 10.0 Å². The van der Waals surface area contributed by atoms with Crippen molar-refractivity contribution < 1.29 is 9.53 Å². The standard InChI is InChI=1S/C14H21BrN2O2/c1-9(13(18)17-14(2,3)4)19-12-6-5-11(15)7-10(12)8-16/h5-7,9H,8,16H2,1-4H3,(H,17,18). The summed E-state index contributed by atoms with van der Waals surface area (Å²) in [5.74, 6) is 0.501. The number of nitrogens with one attached hydrogen (secondary N) is 1. The van der Waals surface area contributed by atoms with Crippen LogP contribution in [0.4, 0.5) is 0 Å². The summed E-state index contributed by atoms with van der Waals surface area (Å²) >= 11 is 3.38. The summed E-state index contributed by atoms with van der Waals surface area (Å²) in [7, 11) is 0. The number of halogens is 1. The molecule has 0 saturated carbocycles. The first-order chi connectivity index (χ1) is 8.73. The van der Waals surface area contributed by atoms with Crippen molar-refractivity contribution in [2.24, 2.45) is 5.73 Å². The number of hydrogen-bond donors (Lipinski definition) is 2. The van der Waals surface area contributed by atoms with Crippen LogP contribution >= 0.6 is 15.9 Å². The zero-order chi connectivity index (χ0) is 14.6. The van der Waals surface area contributed by atoms with Gasteiger partial charge in [0.25, 0.3) is 5.91 Å². The van der Waals surface area contributed by atoms with Gasteiger partial charge in [-0.05, 0) is 45.9 Å². The van der Waals surface area contributed by atoms with Gasteiger partial charge in [-0.3, -0.25) is 4.79 Å². The summed E-state index contributed by atoms with van der Waals surface area (Å²) < 4.78 is 6.62. The molecular formula is C14H21BrN2O2. The fourth-order valence-electron chi connectivity index (χ4n) is 1.54. The molecule has 0 aliphatic carbocycles. The van der Waals surface area contributed by atoms with E-state index in [0.29, 0.717) is 12.3 Å². The summed E-state index contributed by atoms with van der Waals surface area (Å²) in [6.07, 6.45) is -0.564. The highest BCUT2D eigenvalue weighted by Crippen LogP contribution is 2.23. The average Bonchev–Trinajstić information content (AvgIpc) is 2.29. The summed E-state index contributed by atoms with van der Waals surface area (Å²) in [5, 5.41) is 2.88. The molecule has 0 aliphatic heterocycles. The highest BCUT2D eigenvalue weighted by Gasteiger charge is 2.21. The van der Waals surface area contributed by atoms with Gasteiger partial charge in [-0.25, -0.2) is 0 Å². The molecule has 5 heteroatoms. The largest absolute Gasteiger partial charge is 0.481 e. The van der Waals surface area contributed by atoms with Crippen molar-refractivity contribution in [3.63, 3.8) is 0 Å². The molecule has 3 N–H and O–H groups in total. The van der Waals surface area contributed by atoms with E-state index in [9.17, 15) is 4.79 Å². The average molecular weight is 329 g/mol. The molecule has 0 heterocycles. The third-order valence-corrected chi connectivity index (χ3v) is 2.91. The Morgan fingerprint density at radius 2 is 2.11 bits per heavy atom. The van der Waals surface area contributed by atoms with E-state index in [-0.39, 0.29) is 11.4 Å². The van der Waals surface area contributed by atoms with Crippen LogP contribution < -0.4 is 15.8 Å². The molecule has 1 amide bonds. The van der Waals surface area contributed by atoms with Crippen molar-refractivity contribution in [3.05, 3.63) is 28.2 Å². The van der Waals surface area contributed by atoms with Crippen LogP contribution in [0.2, 0.25) is 0 Å². The van der Waals surface area contributed by atoms with E-state index in [1.807, 2.05) is 39.0 Å². The summed E-state index contributed by atoms with van der Waals surface area (Å²) in [4.78, 5) is 12.0. The van der Waals surface area contributed by atoms with Gasteiger partial charge < -0.3 is 15.8 Å². The molecule has 19 heavy (non-hydrogen) atoms. The number of rotatable bonds is 4. The molecule has 0 bridgehead atoms. The van der Waals surface area contributed by atoms with Gasteiger partial charge in [0.15, 0.2) is 6.10 Å². The van der Waals surface area contributed by atoms with Crippen molar-refractivity contribution >= 4 is 21.8 Å². The van der Waals surface area contributed by atoms with Gasteiger partial charge in [0, 0.05) is 22.1 Å². The fourth-order valence-corrected chi connectivity index (χ4v) is 1.95. The van der Waals surface area contributed by atoms with E-state index >= 15 is 0 Å². The molecule has 0 aromatic heterocycles. The predicted octanol–water partition coefficient (Wildman–Crippen LogP) is 2.59. The van der Waals surface area contributed by atoms with Crippen LogP contribution in [-0.2, 0) is 11.3 Å². The summed E-state index contributed by atoms with van der Waals surface area (Å²) in [5.41, 5.74) is 6.26. The molecule has 106 valence electrons. The van der Waals surface area contributed by atoms with Crippen LogP contribution in [0.25, 0.3) is 0 Å². The second kappa shape index (κ2) is 6.39. The lowest BCUT2D eigenvalue weighted by atomic mass is 10.1. The Morgan fingerprint density at radius 1 is 1.47 bits per heavy atom. The van der Waals surface area contributed by atoms with Gasteiger partial charge in [0.2, 0.25) is 0 Å². The number of carbonyl (C=O) groups excluding carboxylic acids is 1. The predicted molar refractivity (Wildman–Crippen MR) is 80.0 cm³/mol. The van der Waals surface area contributed by atoms with Gasteiger partial charge in [-0.2, -0.15) is 0 Å². The Labute approximate surface area is 122 Å². The number of nitrogens with two attached hydrogens (primary N) is 1. The molecule has 0 spiro atoms. The maximum Gasteiger partial charge on any atom is 0.261 e. The quantitative estimate of drug-likeness (QED) is 0.892. The molecule has 1 unspecified atom stereocenters. The number of amides is 1. The van der Waals surface area contributed by atoms with Crippen molar-refractivity contribution in [2.75, 3.05) is 0 Å². The molecule has 0 radical (unpaired) electrons. The van der Waals surface area contributed by atoms with Crippen LogP contribution in [0.15, 0.2) is 22.7 Å². The highest BCUT2D eigenvalue weighted by molar-refractivity contribution is 9.10. The maximum absolute atomic E-state index is 12.0. The van der Waals surface area contributed by atoms with Crippen LogP contribution in [0.1, 0.15) is 33.3 Å². The van der Waals surface area contributed by atoms with Crippen LogP contribution in [-0.4, -0.2) is 17.6 Å². The molecule has 0 aliphatic rings. The van der Waals surface area contributed by atoms with Gasteiger partial charge >= 0.3 is 0 Å². The number of carbonyl (C=O) groups is 1. The Morgan fingerprint density at radius 3 is 2.63 bits per heavy atom. The van der Waals surface area contributed by atoms with Gasteiger partial charge in [0.05, 0.1) is 0 Å². The monoisotopic (exact) mass is 328 g/mol. The summed E-state index contributed by atoms with van der Waals surface area (Å²) in [6.45, 7) is 7.89. The van der Waals surface area contributed by atoms with Crippen molar-refractivity contribution in [1.82, 2.24) is 5.32 Å². The van der Waals surface area contributed by atoms with Crippen molar-refractivity contribution in [3.8, 4) is 5.75 Å². The van der Waals surface area contributed by atoms with Crippen LogP contribution in [0.5, 0.6) is 5.75 Å². The smallest absolute Gasteiger partial charge is 0.261 e. The number of hydrogen-bond acceptors (Lipinski definition) is 3. The lowest BCUT2D eigenvalue weighted by molar-refractivity contribution is -0.128. The normalized spacial score (nSPS) is 12.9. The zero-order valence-electron chi connectivity index (χ0n) is 11.8. The molecular weight excluding hydrogens is 308 g/mol. The van der Waals surface area contributed by atoms with Gasteiger partial charge in [-0.15, -0.1) is 0 Å². The Kier molecular flexibility index (Phi) is 5.38. The highest BCUT2D eigenvalue weighted by atomic mass is 79.9. The third-order valence-electron chi connectivity index (χ3n) is 2.41. The Bertz CT molecular complexity index is 455. The second-order valence-electron chi connectivity index (χ2n) is 5.46. The molecule has 4 nitrogen and oxygen atoms in total. The van der Waals surface area contributed by atoms with Crippen molar-refractivity contribution in [1.29, 1.82) is 0 Å². The molecule has 1 atom stereocenters. The molecule has 0 fully saturated rings. The fraction of sp³-hybridized carbons (Fsp3) is 0.500. The first-order valence-corrected chi connectivity index (χ1v) is 6.99. The van der Waals surface area contributed by atoms with Crippen LogP contribution in [0, 0.1) is 0 Å². The van der Waals surface area contributed by atoms with E-state index < -0.39 is 6.10 Å². The van der Waals surface area contributed by atoms with E-state index in [1.165, 1.54) is 0 Å². The maximum atomic E-state index is 12.0. The molecule has 1 aromatic carbocycles. The molecule has 0 saturated heterocycles. The minimum Gasteiger partial charge on any atom is -0.481 e. The lowest BCUT2D eigenvalue weighted by Crippen LogP contribution is -2.46. The van der Waals surface area contributed by atoms with Gasteiger partial charge in [0.1, 0.15) is 5.75 Å². The molecule has 1 aromatic rings. The van der Waals surface area contributed by atoms with E-state index in [4.69, 9.17) is 10.5 Å². The zero-order valence-corrected chi connectivity index (χ0v) is 13.4. The first-order valence-electron chi connectivity index (χ1n) is 6.20.